The summed E-state index contributed by atoms with van der Waals surface area (Å²) in [6, 6.07) is 5.55. The van der Waals surface area contributed by atoms with Crippen molar-refractivity contribution in [3.8, 4) is 0 Å². The molecule has 0 N–H and O–H groups in total. The van der Waals surface area contributed by atoms with Crippen LogP contribution in [0.5, 0.6) is 0 Å². The first kappa shape index (κ1) is 11.1. The zero-order valence-electron chi connectivity index (χ0n) is 8.09. The van der Waals surface area contributed by atoms with Crippen molar-refractivity contribution in [1.82, 2.24) is 4.98 Å². The molecule has 1 aromatic heterocycles. The number of fused-ring (bicyclic) bond motifs is 1. The van der Waals surface area contributed by atoms with Gasteiger partial charge < -0.3 is 0 Å². The number of aryl methyl sites for hydroxylation is 1. The number of halogens is 2. The minimum Gasteiger partial charge on any atom is -0.253 e. The number of pyridine rings is 1. The SMILES string of the molecule is Cc1cc(CS)c2c(Cl)cc(Cl)cc2n1. The summed E-state index contributed by atoms with van der Waals surface area (Å²) in [5, 5.41) is 2.19. The van der Waals surface area contributed by atoms with Crippen LogP contribution in [-0.4, -0.2) is 4.98 Å². The van der Waals surface area contributed by atoms with Gasteiger partial charge in [0.1, 0.15) is 0 Å². The van der Waals surface area contributed by atoms with Gasteiger partial charge >= 0.3 is 0 Å². The van der Waals surface area contributed by atoms with Gasteiger partial charge in [0, 0.05) is 21.9 Å². The number of nitrogens with zero attached hydrogens (tertiary/aromatic N) is 1. The number of aromatic nitrogens is 1. The van der Waals surface area contributed by atoms with Crippen molar-refractivity contribution in [2.45, 2.75) is 12.7 Å². The van der Waals surface area contributed by atoms with Crippen molar-refractivity contribution in [2.75, 3.05) is 0 Å². The maximum atomic E-state index is 6.14. The maximum absolute atomic E-state index is 6.14. The first-order valence-electron chi connectivity index (χ1n) is 4.48. The fourth-order valence-corrected chi connectivity index (χ4v) is 2.49. The summed E-state index contributed by atoms with van der Waals surface area (Å²) in [7, 11) is 0. The molecule has 0 aliphatic rings. The van der Waals surface area contributed by atoms with Crippen LogP contribution in [0, 0.1) is 6.92 Å². The second-order valence-corrected chi connectivity index (χ2v) is 4.52. The van der Waals surface area contributed by atoms with Crippen LogP contribution in [0.1, 0.15) is 11.3 Å². The maximum Gasteiger partial charge on any atom is 0.0738 e. The van der Waals surface area contributed by atoms with E-state index in [4.69, 9.17) is 23.2 Å². The molecule has 0 bridgehead atoms. The molecule has 4 heteroatoms. The van der Waals surface area contributed by atoms with E-state index in [-0.39, 0.29) is 0 Å². The van der Waals surface area contributed by atoms with Crippen molar-refractivity contribution in [3.63, 3.8) is 0 Å². The molecular formula is C11H9Cl2NS. The Morgan fingerprint density at radius 3 is 2.67 bits per heavy atom. The van der Waals surface area contributed by atoms with Crippen LogP contribution < -0.4 is 0 Å². The lowest BCUT2D eigenvalue weighted by atomic mass is 10.1. The summed E-state index contributed by atoms with van der Waals surface area (Å²) >= 11 is 16.4. The van der Waals surface area contributed by atoms with Gasteiger partial charge in [-0.3, -0.25) is 4.98 Å². The molecule has 1 aromatic carbocycles. The highest BCUT2D eigenvalue weighted by molar-refractivity contribution is 7.79. The molecule has 0 spiro atoms. The van der Waals surface area contributed by atoms with Crippen LogP contribution in [0.15, 0.2) is 18.2 Å². The number of thiol groups is 1. The largest absolute Gasteiger partial charge is 0.253 e. The standard InChI is InChI=1S/C11H9Cl2NS/c1-6-2-7(5-15)11-9(13)3-8(12)4-10(11)14-6/h2-4,15H,5H2,1H3. The van der Waals surface area contributed by atoms with E-state index in [1.807, 2.05) is 19.1 Å². The summed E-state index contributed by atoms with van der Waals surface area (Å²) in [4.78, 5) is 4.40. The summed E-state index contributed by atoms with van der Waals surface area (Å²) in [5.41, 5.74) is 2.86. The minimum absolute atomic E-state index is 0.607. The summed E-state index contributed by atoms with van der Waals surface area (Å²) in [5.74, 6) is 0.640. The Balaban J connectivity index is 2.90. The smallest absolute Gasteiger partial charge is 0.0738 e. The lowest BCUT2D eigenvalue weighted by Crippen LogP contribution is -1.90. The molecule has 0 aliphatic carbocycles. The minimum atomic E-state index is 0.607. The van der Waals surface area contributed by atoms with E-state index < -0.39 is 0 Å². The zero-order valence-corrected chi connectivity index (χ0v) is 10.5. The molecule has 0 radical (unpaired) electrons. The lowest BCUT2D eigenvalue weighted by Gasteiger charge is -2.07. The average Bonchev–Trinajstić information content (AvgIpc) is 2.14. The van der Waals surface area contributed by atoms with Crippen LogP contribution in [0.4, 0.5) is 0 Å². The Morgan fingerprint density at radius 1 is 1.27 bits per heavy atom. The summed E-state index contributed by atoms with van der Waals surface area (Å²) in [6.45, 7) is 1.95. The fraction of sp³-hybridized carbons (Fsp3) is 0.182. The van der Waals surface area contributed by atoms with Gasteiger partial charge in [0.25, 0.3) is 0 Å². The van der Waals surface area contributed by atoms with Crippen LogP contribution in [0.3, 0.4) is 0 Å². The van der Waals surface area contributed by atoms with E-state index in [1.54, 1.807) is 6.07 Å². The van der Waals surface area contributed by atoms with Crippen LogP contribution in [0.2, 0.25) is 10.0 Å². The Bertz CT molecular complexity index is 520. The molecule has 0 amide bonds. The Morgan fingerprint density at radius 2 is 2.00 bits per heavy atom. The molecule has 0 aliphatic heterocycles. The van der Waals surface area contributed by atoms with Gasteiger partial charge in [0.2, 0.25) is 0 Å². The molecular weight excluding hydrogens is 249 g/mol. The van der Waals surface area contributed by atoms with Gasteiger partial charge in [-0.15, -0.1) is 0 Å². The predicted molar refractivity (Wildman–Crippen MR) is 69.2 cm³/mol. The Kier molecular flexibility index (Phi) is 3.10. The highest BCUT2D eigenvalue weighted by Gasteiger charge is 2.08. The number of benzene rings is 1. The van der Waals surface area contributed by atoms with Crippen LogP contribution in [0.25, 0.3) is 10.9 Å². The van der Waals surface area contributed by atoms with E-state index in [0.717, 1.165) is 22.2 Å². The van der Waals surface area contributed by atoms with Gasteiger partial charge in [0.15, 0.2) is 0 Å². The first-order chi connectivity index (χ1) is 7.11. The number of hydrogen-bond acceptors (Lipinski definition) is 2. The Hall–Kier alpha value is -0.440. The van der Waals surface area contributed by atoms with Crippen molar-refractivity contribution in [2.24, 2.45) is 0 Å². The van der Waals surface area contributed by atoms with E-state index in [9.17, 15) is 0 Å². The molecule has 78 valence electrons. The first-order valence-corrected chi connectivity index (χ1v) is 5.87. The third-order valence-electron chi connectivity index (χ3n) is 2.21. The van der Waals surface area contributed by atoms with E-state index >= 15 is 0 Å². The van der Waals surface area contributed by atoms with Crippen molar-refractivity contribution in [1.29, 1.82) is 0 Å². The molecule has 15 heavy (non-hydrogen) atoms. The van der Waals surface area contributed by atoms with Gasteiger partial charge in [-0.2, -0.15) is 12.6 Å². The summed E-state index contributed by atoms with van der Waals surface area (Å²) in [6.07, 6.45) is 0. The van der Waals surface area contributed by atoms with Gasteiger partial charge in [-0.25, -0.2) is 0 Å². The second-order valence-electron chi connectivity index (χ2n) is 3.36. The third-order valence-corrected chi connectivity index (χ3v) is 3.06. The molecule has 1 heterocycles. The highest BCUT2D eigenvalue weighted by Crippen LogP contribution is 2.30. The normalized spacial score (nSPS) is 10.9. The number of rotatable bonds is 1. The molecule has 0 saturated heterocycles. The van der Waals surface area contributed by atoms with Crippen molar-refractivity contribution < 1.29 is 0 Å². The van der Waals surface area contributed by atoms with E-state index in [2.05, 4.69) is 17.6 Å². The molecule has 2 aromatic rings. The second kappa shape index (κ2) is 4.20. The number of hydrogen-bond donors (Lipinski definition) is 1. The zero-order chi connectivity index (χ0) is 11.0. The quantitative estimate of drug-likeness (QED) is 0.753. The summed E-state index contributed by atoms with van der Waals surface area (Å²) < 4.78 is 0. The monoisotopic (exact) mass is 257 g/mol. The predicted octanol–water partition coefficient (Wildman–Crippen LogP) is 4.28. The molecule has 0 fully saturated rings. The van der Waals surface area contributed by atoms with Gasteiger partial charge in [0.05, 0.1) is 10.5 Å². The fourth-order valence-electron chi connectivity index (χ4n) is 1.64. The molecule has 0 unspecified atom stereocenters. The van der Waals surface area contributed by atoms with E-state index in [0.29, 0.717) is 15.8 Å². The average molecular weight is 258 g/mol. The van der Waals surface area contributed by atoms with Gasteiger partial charge in [-0.1, -0.05) is 23.2 Å². The lowest BCUT2D eigenvalue weighted by molar-refractivity contribution is 1.23. The van der Waals surface area contributed by atoms with Crippen LogP contribution in [-0.2, 0) is 5.75 Å². The highest BCUT2D eigenvalue weighted by atomic mass is 35.5. The molecule has 0 saturated carbocycles. The topological polar surface area (TPSA) is 12.9 Å². The molecule has 0 atom stereocenters. The van der Waals surface area contributed by atoms with Crippen LogP contribution >= 0.6 is 35.8 Å². The van der Waals surface area contributed by atoms with Gasteiger partial charge in [-0.05, 0) is 30.7 Å². The molecule has 1 nitrogen and oxygen atoms in total. The van der Waals surface area contributed by atoms with Crippen molar-refractivity contribution >= 4 is 46.7 Å². The van der Waals surface area contributed by atoms with E-state index in [1.165, 1.54) is 0 Å². The van der Waals surface area contributed by atoms with Crippen molar-refractivity contribution in [3.05, 3.63) is 39.5 Å². The third kappa shape index (κ3) is 2.07. The Labute approximate surface area is 104 Å². The molecule has 2 rings (SSSR count).